The number of carboxylic acid groups (broad SMARTS) is 1. The average molecular weight is 348 g/mol. The Kier molecular flexibility index (Phi) is 5.20. The van der Waals surface area contributed by atoms with E-state index < -0.39 is 45.3 Å². The van der Waals surface area contributed by atoms with E-state index in [1.165, 1.54) is 0 Å². The summed E-state index contributed by atoms with van der Waals surface area (Å²) in [7, 11) is -4.67. The SMILES string of the molecule is O=C(O)C(O)CNS(=O)(=O)c1ccc(Cl)cc1C(F)(F)F. The Bertz CT molecular complexity index is 647. The molecule has 0 fully saturated rings. The van der Waals surface area contributed by atoms with Crippen molar-refractivity contribution in [2.45, 2.75) is 17.2 Å². The summed E-state index contributed by atoms with van der Waals surface area (Å²) in [6.45, 7) is -0.975. The molecule has 1 unspecified atom stereocenters. The van der Waals surface area contributed by atoms with Crippen LogP contribution in [0.3, 0.4) is 0 Å². The van der Waals surface area contributed by atoms with E-state index >= 15 is 0 Å². The molecule has 0 aliphatic carbocycles. The second-order valence-electron chi connectivity index (χ2n) is 3.84. The van der Waals surface area contributed by atoms with Gasteiger partial charge in [-0.25, -0.2) is 17.9 Å². The van der Waals surface area contributed by atoms with E-state index in [2.05, 4.69) is 0 Å². The van der Waals surface area contributed by atoms with Crippen molar-refractivity contribution in [1.29, 1.82) is 0 Å². The topological polar surface area (TPSA) is 104 Å². The highest BCUT2D eigenvalue weighted by atomic mass is 35.5. The number of nitrogens with one attached hydrogen (secondary N) is 1. The molecule has 1 atom stereocenters. The molecule has 0 spiro atoms. The van der Waals surface area contributed by atoms with Gasteiger partial charge in [0.2, 0.25) is 10.0 Å². The summed E-state index contributed by atoms with van der Waals surface area (Å²) < 4.78 is 63.5. The Hall–Kier alpha value is -1.36. The molecule has 0 radical (unpaired) electrons. The predicted octanol–water partition coefficient (Wildman–Crippen LogP) is 1.08. The minimum Gasteiger partial charge on any atom is -0.479 e. The number of carboxylic acids is 1. The number of rotatable bonds is 5. The summed E-state index contributed by atoms with van der Waals surface area (Å²) >= 11 is 5.41. The fraction of sp³-hybridized carbons (Fsp3) is 0.300. The molecule has 0 amide bonds. The summed E-state index contributed by atoms with van der Waals surface area (Å²) in [5.74, 6) is -1.72. The second kappa shape index (κ2) is 6.18. The monoisotopic (exact) mass is 347 g/mol. The van der Waals surface area contributed by atoms with Crippen LogP contribution in [-0.2, 0) is 21.0 Å². The van der Waals surface area contributed by atoms with Gasteiger partial charge in [0, 0.05) is 11.6 Å². The van der Waals surface area contributed by atoms with Crippen molar-refractivity contribution >= 4 is 27.6 Å². The second-order valence-corrected chi connectivity index (χ2v) is 6.02. The average Bonchev–Trinajstić information content (AvgIpc) is 2.34. The molecular weight excluding hydrogens is 339 g/mol. The number of aliphatic hydroxyl groups excluding tert-OH is 1. The third-order valence-electron chi connectivity index (χ3n) is 2.29. The first-order valence-corrected chi connectivity index (χ1v) is 7.08. The molecule has 1 aromatic rings. The quantitative estimate of drug-likeness (QED) is 0.739. The van der Waals surface area contributed by atoms with Crippen molar-refractivity contribution in [2.75, 3.05) is 6.54 Å². The normalized spacial score (nSPS) is 14.0. The smallest absolute Gasteiger partial charge is 0.417 e. The number of hydrogen-bond donors (Lipinski definition) is 3. The Labute approximate surface area is 122 Å². The highest BCUT2D eigenvalue weighted by Crippen LogP contribution is 2.35. The van der Waals surface area contributed by atoms with E-state index in [1.807, 2.05) is 0 Å². The number of alkyl halides is 3. The van der Waals surface area contributed by atoms with Crippen molar-refractivity contribution in [3.63, 3.8) is 0 Å². The zero-order valence-corrected chi connectivity index (χ0v) is 11.6. The van der Waals surface area contributed by atoms with E-state index in [0.717, 1.165) is 6.07 Å². The van der Waals surface area contributed by atoms with E-state index in [0.29, 0.717) is 12.1 Å². The van der Waals surface area contributed by atoms with Crippen molar-refractivity contribution < 1.29 is 36.6 Å². The van der Waals surface area contributed by atoms with Gasteiger partial charge in [0.15, 0.2) is 6.10 Å². The first-order chi connectivity index (χ1) is 9.45. The van der Waals surface area contributed by atoms with Crippen molar-refractivity contribution in [1.82, 2.24) is 4.72 Å². The number of aliphatic hydroxyl groups is 1. The van der Waals surface area contributed by atoms with Crippen LogP contribution in [0.25, 0.3) is 0 Å². The summed E-state index contributed by atoms with van der Waals surface area (Å²) in [6, 6.07) is 2.02. The van der Waals surface area contributed by atoms with Crippen molar-refractivity contribution in [2.24, 2.45) is 0 Å². The molecule has 0 heterocycles. The molecule has 3 N–H and O–H groups in total. The highest BCUT2D eigenvalue weighted by molar-refractivity contribution is 7.89. The lowest BCUT2D eigenvalue weighted by molar-refractivity contribution is -0.146. The lowest BCUT2D eigenvalue weighted by Gasteiger charge is -2.14. The number of benzene rings is 1. The van der Waals surface area contributed by atoms with Crippen LogP contribution in [0, 0.1) is 0 Å². The van der Waals surface area contributed by atoms with Crippen LogP contribution in [-0.4, -0.2) is 37.2 Å². The van der Waals surface area contributed by atoms with Gasteiger partial charge < -0.3 is 10.2 Å². The molecule has 118 valence electrons. The Morgan fingerprint density at radius 2 is 1.95 bits per heavy atom. The maximum atomic E-state index is 12.8. The summed E-state index contributed by atoms with van der Waals surface area (Å²) in [5.41, 5.74) is -1.49. The number of sulfonamides is 1. The molecule has 1 rings (SSSR count). The third kappa shape index (κ3) is 4.56. The van der Waals surface area contributed by atoms with E-state index in [9.17, 15) is 26.4 Å². The Balaban J connectivity index is 3.17. The molecule has 0 aromatic heterocycles. The lowest BCUT2D eigenvalue weighted by atomic mass is 10.2. The van der Waals surface area contributed by atoms with Crippen LogP contribution in [0.5, 0.6) is 0 Å². The van der Waals surface area contributed by atoms with Gasteiger partial charge in [-0.15, -0.1) is 0 Å². The molecule has 0 aliphatic heterocycles. The molecule has 11 heteroatoms. The van der Waals surface area contributed by atoms with Crippen LogP contribution < -0.4 is 4.72 Å². The lowest BCUT2D eigenvalue weighted by Crippen LogP contribution is -2.37. The molecule has 0 aliphatic rings. The predicted molar refractivity (Wildman–Crippen MR) is 65.3 cm³/mol. The van der Waals surface area contributed by atoms with Crippen LogP contribution in [0.4, 0.5) is 13.2 Å². The number of hydrogen-bond acceptors (Lipinski definition) is 4. The molecular formula is C10H9ClF3NO5S. The van der Waals surface area contributed by atoms with Crippen LogP contribution in [0.1, 0.15) is 5.56 Å². The Morgan fingerprint density at radius 1 is 1.38 bits per heavy atom. The van der Waals surface area contributed by atoms with Gasteiger partial charge >= 0.3 is 12.1 Å². The first kappa shape index (κ1) is 17.7. The fourth-order valence-electron chi connectivity index (χ4n) is 1.31. The van der Waals surface area contributed by atoms with Gasteiger partial charge in [0.05, 0.1) is 10.5 Å². The molecule has 0 saturated carbocycles. The van der Waals surface area contributed by atoms with Gasteiger partial charge in [-0.05, 0) is 18.2 Å². The summed E-state index contributed by atoms with van der Waals surface area (Å²) in [6.07, 6.45) is -7.05. The minimum absolute atomic E-state index is 0.313. The summed E-state index contributed by atoms with van der Waals surface area (Å²) in [4.78, 5) is 9.23. The number of aliphatic carboxylic acids is 1. The third-order valence-corrected chi connectivity index (χ3v) is 4.01. The van der Waals surface area contributed by atoms with Gasteiger partial charge in [0.25, 0.3) is 0 Å². The maximum Gasteiger partial charge on any atom is 0.417 e. The largest absolute Gasteiger partial charge is 0.479 e. The molecule has 0 bridgehead atoms. The molecule has 21 heavy (non-hydrogen) atoms. The maximum absolute atomic E-state index is 12.8. The van der Waals surface area contributed by atoms with Crippen molar-refractivity contribution in [3.05, 3.63) is 28.8 Å². The number of carbonyl (C=O) groups is 1. The highest BCUT2D eigenvalue weighted by Gasteiger charge is 2.37. The van der Waals surface area contributed by atoms with Gasteiger partial charge in [-0.1, -0.05) is 11.6 Å². The molecule has 0 saturated heterocycles. The fourth-order valence-corrected chi connectivity index (χ4v) is 2.73. The Morgan fingerprint density at radius 3 is 2.43 bits per heavy atom. The summed E-state index contributed by atoms with van der Waals surface area (Å²) in [5, 5.41) is 17.0. The minimum atomic E-state index is -4.97. The van der Waals surface area contributed by atoms with Gasteiger partial charge in [0.1, 0.15) is 0 Å². The van der Waals surface area contributed by atoms with E-state index in [4.69, 9.17) is 21.8 Å². The van der Waals surface area contributed by atoms with Crippen LogP contribution in [0.2, 0.25) is 5.02 Å². The van der Waals surface area contributed by atoms with Gasteiger partial charge in [-0.3, -0.25) is 0 Å². The number of halogens is 4. The van der Waals surface area contributed by atoms with E-state index in [-0.39, 0.29) is 5.02 Å². The zero-order valence-electron chi connectivity index (χ0n) is 10.1. The van der Waals surface area contributed by atoms with Crippen molar-refractivity contribution in [3.8, 4) is 0 Å². The first-order valence-electron chi connectivity index (χ1n) is 5.22. The molecule has 6 nitrogen and oxygen atoms in total. The van der Waals surface area contributed by atoms with E-state index in [1.54, 1.807) is 4.72 Å². The standard InChI is InChI=1S/C10H9ClF3NO5S/c11-5-1-2-8(6(3-5)10(12,13)14)21(19,20)15-4-7(16)9(17)18/h1-3,7,15-16H,4H2,(H,17,18). The molecule has 1 aromatic carbocycles. The zero-order chi connectivity index (χ0) is 16.4. The van der Waals surface area contributed by atoms with Crippen LogP contribution >= 0.6 is 11.6 Å². The van der Waals surface area contributed by atoms with Gasteiger partial charge in [-0.2, -0.15) is 13.2 Å². The van der Waals surface area contributed by atoms with Crippen LogP contribution in [0.15, 0.2) is 23.1 Å².